The number of anilines is 1. The predicted molar refractivity (Wildman–Crippen MR) is 88.7 cm³/mol. The number of rotatable bonds is 4. The Morgan fingerprint density at radius 2 is 2.15 bits per heavy atom. The molecule has 2 nitrogen and oxygen atoms in total. The van der Waals surface area contributed by atoms with Crippen LogP contribution in [0.4, 0.5) is 5.69 Å². The van der Waals surface area contributed by atoms with E-state index in [1.807, 2.05) is 6.07 Å². The molecule has 0 bridgehead atoms. The highest BCUT2D eigenvalue weighted by molar-refractivity contribution is 6.30. The van der Waals surface area contributed by atoms with Crippen molar-refractivity contribution in [3.8, 4) is 0 Å². The van der Waals surface area contributed by atoms with Crippen molar-refractivity contribution in [2.45, 2.75) is 52.5 Å². The third-order valence-corrected chi connectivity index (χ3v) is 4.53. The zero-order valence-electron chi connectivity index (χ0n) is 13.0. The fourth-order valence-corrected chi connectivity index (χ4v) is 3.23. The number of hydrogen-bond acceptors (Lipinski definition) is 2. The van der Waals surface area contributed by atoms with Crippen LogP contribution >= 0.6 is 11.6 Å². The van der Waals surface area contributed by atoms with Crippen LogP contribution in [0.5, 0.6) is 0 Å². The summed E-state index contributed by atoms with van der Waals surface area (Å²) in [6, 6.07) is 6.47. The van der Waals surface area contributed by atoms with Crippen LogP contribution in [0.2, 0.25) is 5.02 Å². The maximum atomic E-state index is 6.22. The van der Waals surface area contributed by atoms with Crippen molar-refractivity contribution < 1.29 is 0 Å². The van der Waals surface area contributed by atoms with Crippen molar-refractivity contribution in [1.82, 2.24) is 0 Å². The standard InChI is InChI=1S/C17H27ClN2/c1-4-15(19)10-13-6-7-14(18)11-16(13)20-9-5-8-17(2,3)12-20/h6-7,11,15H,4-5,8-10,12,19H2,1-3H3. The van der Waals surface area contributed by atoms with Gasteiger partial charge in [0.2, 0.25) is 0 Å². The summed E-state index contributed by atoms with van der Waals surface area (Å²) in [7, 11) is 0. The Morgan fingerprint density at radius 3 is 2.80 bits per heavy atom. The van der Waals surface area contributed by atoms with Crippen molar-refractivity contribution in [1.29, 1.82) is 0 Å². The molecule has 3 heteroatoms. The minimum Gasteiger partial charge on any atom is -0.371 e. The highest BCUT2D eigenvalue weighted by atomic mass is 35.5. The number of benzene rings is 1. The minimum atomic E-state index is 0.229. The van der Waals surface area contributed by atoms with Gasteiger partial charge >= 0.3 is 0 Å². The number of nitrogens with two attached hydrogens (primary N) is 1. The second kappa shape index (κ2) is 6.36. The molecule has 1 atom stereocenters. The van der Waals surface area contributed by atoms with E-state index in [1.165, 1.54) is 24.1 Å². The predicted octanol–water partition coefficient (Wildman–Crippen LogP) is 4.25. The van der Waals surface area contributed by atoms with Gasteiger partial charge in [0.05, 0.1) is 0 Å². The second-order valence-corrected chi connectivity index (χ2v) is 7.27. The van der Waals surface area contributed by atoms with Gasteiger partial charge in [-0.1, -0.05) is 38.4 Å². The monoisotopic (exact) mass is 294 g/mol. The lowest BCUT2D eigenvalue weighted by atomic mass is 9.83. The summed E-state index contributed by atoms with van der Waals surface area (Å²) in [4.78, 5) is 2.49. The summed E-state index contributed by atoms with van der Waals surface area (Å²) in [6.07, 6.45) is 4.49. The first kappa shape index (κ1) is 15.7. The molecular formula is C17H27ClN2. The first-order valence-corrected chi connectivity index (χ1v) is 8.08. The third kappa shape index (κ3) is 3.89. The topological polar surface area (TPSA) is 29.3 Å². The fraction of sp³-hybridized carbons (Fsp3) is 0.647. The van der Waals surface area contributed by atoms with Crippen LogP contribution in [-0.2, 0) is 6.42 Å². The molecule has 1 aliphatic heterocycles. The fourth-order valence-electron chi connectivity index (χ4n) is 3.06. The van der Waals surface area contributed by atoms with Gasteiger partial charge in [-0.15, -0.1) is 0 Å². The largest absolute Gasteiger partial charge is 0.371 e. The molecular weight excluding hydrogens is 268 g/mol. The van der Waals surface area contributed by atoms with Crippen molar-refractivity contribution in [3.63, 3.8) is 0 Å². The summed E-state index contributed by atoms with van der Waals surface area (Å²) < 4.78 is 0. The molecule has 1 aliphatic rings. The lowest BCUT2D eigenvalue weighted by Crippen LogP contribution is -2.40. The molecule has 0 saturated carbocycles. The molecule has 2 rings (SSSR count). The van der Waals surface area contributed by atoms with Crippen LogP contribution in [0, 0.1) is 5.41 Å². The highest BCUT2D eigenvalue weighted by Crippen LogP contribution is 2.34. The number of piperidine rings is 1. The molecule has 1 aromatic rings. The summed E-state index contributed by atoms with van der Waals surface area (Å²) in [6.45, 7) is 9.06. The average Bonchev–Trinajstić information content (AvgIpc) is 2.39. The Kier molecular flexibility index (Phi) is 4.98. The summed E-state index contributed by atoms with van der Waals surface area (Å²) in [5.74, 6) is 0. The lowest BCUT2D eigenvalue weighted by molar-refractivity contribution is 0.293. The van der Waals surface area contributed by atoms with E-state index in [1.54, 1.807) is 0 Å². The summed E-state index contributed by atoms with van der Waals surface area (Å²) in [5.41, 5.74) is 9.14. The van der Waals surface area contributed by atoms with Gasteiger partial charge < -0.3 is 10.6 Å². The van der Waals surface area contributed by atoms with Crippen LogP contribution in [0.15, 0.2) is 18.2 Å². The van der Waals surface area contributed by atoms with E-state index in [4.69, 9.17) is 17.3 Å². The molecule has 0 radical (unpaired) electrons. The van der Waals surface area contributed by atoms with E-state index in [0.29, 0.717) is 5.41 Å². The number of nitrogens with zero attached hydrogens (tertiary/aromatic N) is 1. The van der Waals surface area contributed by atoms with Gasteiger partial charge in [0, 0.05) is 29.8 Å². The van der Waals surface area contributed by atoms with Gasteiger partial charge in [0.1, 0.15) is 0 Å². The first-order valence-electron chi connectivity index (χ1n) is 7.70. The Balaban J connectivity index is 2.26. The van der Waals surface area contributed by atoms with E-state index in [2.05, 4.69) is 37.8 Å². The normalized spacial score (nSPS) is 19.9. The molecule has 1 aromatic carbocycles. The van der Waals surface area contributed by atoms with Gasteiger partial charge in [-0.3, -0.25) is 0 Å². The van der Waals surface area contributed by atoms with E-state index >= 15 is 0 Å². The molecule has 112 valence electrons. The SMILES string of the molecule is CCC(N)Cc1ccc(Cl)cc1N1CCCC(C)(C)C1. The molecule has 2 N–H and O–H groups in total. The summed E-state index contributed by atoms with van der Waals surface area (Å²) >= 11 is 6.22. The van der Waals surface area contributed by atoms with Crippen LogP contribution in [0.25, 0.3) is 0 Å². The quantitative estimate of drug-likeness (QED) is 0.899. The molecule has 20 heavy (non-hydrogen) atoms. The van der Waals surface area contributed by atoms with Crippen molar-refractivity contribution >= 4 is 17.3 Å². The molecule has 0 aliphatic carbocycles. The van der Waals surface area contributed by atoms with Gasteiger partial charge in [-0.25, -0.2) is 0 Å². The van der Waals surface area contributed by atoms with E-state index in [9.17, 15) is 0 Å². The minimum absolute atomic E-state index is 0.229. The Labute approximate surface area is 128 Å². The Bertz CT molecular complexity index is 456. The lowest BCUT2D eigenvalue weighted by Gasteiger charge is -2.40. The van der Waals surface area contributed by atoms with Crippen LogP contribution in [0.1, 0.15) is 45.6 Å². The molecule has 1 fully saturated rings. The summed E-state index contributed by atoms with van der Waals surface area (Å²) in [5, 5.41) is 0.817. The van der Waals surface area contributed by atoms with Gasteiger partial charge in [0.25, 0.3) is 0 Å². The molecule has 1 heterocycles. The van der Waals surface area contributed by atoms with E-state index < -0.39 is 0 Å². The Morgan fingerprint density at radius 1 is 1.40 bits per heavy atom. The average molecular weight is 295 g/mol. The first-order chi connectivity index (χ1) is 9.41. The van der Waals surface area contributed by atoms with Crippen molar-refractivity contribution in [3.05, 3.63) is 28.8 Å². The van der Waals surface area contributed by atoms with Crippen LogP contribution < -0.4 is 10.6 Å². The zero-order valence-corrected chi connectivity index (χ0v) is 13.7. The second-order valence-electron chi connectivity index (χ2n) is 6.83. The molecule has 0 amide bonds. The van der Waals surface area contributed by atoms with Crippen LogP contribution in [-0.4, -0.2) is 19.1 Å². The van der Waals surface area contributed by atoms with Gasteiger partial charge in [0.15, 0.2) is 0 Å². The Hall–Kier alpha value is -0.730. The molecule has 1 unspecified atom stereocenters. The smallest absolute Gasteiger partial charge is 0.0426 e. The molecule has 0 spiro atoms. The maximum absolute atomic E-state index is 6.22. The number of halogens is 1. The van der Waals surface area contributed by atoms with E-state index in [0.717, 1.165) is 31.0 Å². The number of hydrogen-bond donors (Lipinski definition) is 1. The van der Waals surface area contributed by atoms with Gasteiger partial charge in [-0.2, -0.15) is 0 Å². The molecule has 0 aromatic heterocycles. The van der Waals surface area contributed by atoms with E-state index in [-0.39, 0.29) is 6.04 Å². The van der Waals surface area contributed by atoms with Gasteiger partial charge in [-0.05, 0) is 48.8 Å². The highest BCUT2D eigenvalue weighted by Gasteiger charge is 2.27. The van der Waals surface area contributed by atoms with Crippen molar-refractivity contribution in [2.75, 3.05) is 18.0 Å². The maximum Gasteiger partial charge on any atom is 0.0426 e. The molecule has 1 saturated heterocycles. The van der Waals surface area contributed by atoms with Crippen molar-refractivity contribution in [2.24, 2.45) is 11.1 Å². The zero-order chi connectivity index (χ0) is 14.8. The van der Waals surface area contributed by atoms with Crippen LogP contribution in [0.3, 0.4) is 0 Å². The third-order valence-electron chi connectivity index (χ3n) is 4.29.